The Morgan fingerprint density at radius 2 is 2.00 bits per heavy atom. The molecule has 0 amide bonds. The number of Topliss-reactive ketones (excluding diaryl/α,β-unsaturated/α-hetero) is 1. The third-order valence-electron chi connectivity index (χ3n) is 1.80. The van der Waals surface area contributed by atoms with Gasteiger partial charge in [0.05, 0.1) is 5.56 Å². The largest absolute Gasteiger partial charge is 0.478 e. The van der Waals surface area contributed by atoms with Gasteiger partial charge in [-0.2, -0.15) is 0 Å². The van der Waals surface area contributed by atoms with Crippen LogP contribution in [0, 0.1) is 0 Å². The lowest BCUT2D eigenvalue weighted by molar-refractivity contribution is 0.0692. The van der Waals surface area contributed by atoms with E-state index in [0.29, 0.717) is 5.69 Å². The minimum Gasteiger partial charge on any atom is -0.478 e. The molecular formula is C9H10N2O3. The first-order chi connectivity index (χ1) is 6.56. The quantitative estimate of drug-likeness (QED) is 0.377. The highest BCUT2D eigenvalue weighted by Crippen LogP contribution is 2.15. The van der Waals surface area contributed by atoms with Crippen LogP contribution in [0.2, 0.25) is 0 Å². The molecule has 0 heterocycles. The summed E-state index contributed by atoms with van der Waals surface area (Å²) in [6.45, 7) is 1.32. The lowest BCUT2D eigenvalue weighted by atomic mass is 10.0. The summed E-state index contributed by atoms with van der Waals surface area (Å²) >= 11 is 0. The molecule has 5 nitrogen and oxygen atoms in total. The fourth-order valence-corrected chi connectivity index (χ4v) is 1.12. The Morgan fingerprint density at radius 3 is 2.43 bits per heavy atom. The van der Waals surface area contributed by atoms with Crippen molar-refractivity contribution in [3.63, 3.8) is 0 Å². The van der Waals surface area contributed by atoms with Crippen molar-refractivity contribution in [1.82, 2.24) is 0 Å². The molecule has 0 aliphatic rings. The molecule has 14 heavy (non-hydrogen) atoms. The summed E-state index contributed by atoms with van der Waals surface area (Å²) in [6.07, 6.45) is 0. The molecule has 0 bridgehead atoms. The molecule has 1 rings (SSSR count). The number of anilines is 1. The van der Waals surface area contributed by atoms with Crippen molar-refractivity contribution in [3.05, 3.63) is 29.3 Å². The lowest BCUT2D eigenvalue weighted by Crippen LogP contribution is -2.11. The van der Waals surface area contributed by atoms with Gasteiger partial charge in [-0.25, -0.2) is 4.79 Å². The van der Waals surface area contributed by atoms with Crippen LogP contribution < -0.4 is 11.3 Å². The Kier molecular flexibility index (Phi) is 2.83. The van der Waals surface area contributed by atoms with Gasteiger partial charge in [-0.05, 0) is 25.1 Å². The minimum atomic E-state index is -1.15. The van der Waals surface area contributed by atoms with Crippen molar-refractivity contribution >= 4 is 17.4 Å². The number of carbonyl (C=O) groups excluding carboxylic acids is 1. The number of nitrogen functional groups attached to an aromatic ring is 1. The number of nitrogens with two attached hydrogens (primary N) is 1. The number of nitrogens with one attached hydrogen (secondary N) is 1. The molecule has 0 unspecified atom stereocenters. The summed E-state index contributed by atoms with van der Waals surface area (Å²) in [5, 5.41) is 8.81. The van der Waals surface area contributed by atoms with E-state index in [0.717, 1.165) is 0 Å². The number of hydrazine groups is 1. The summed E-state index contributed by atoms with van der Waals surface area (Å²) in [6, 6.07) is 4.29. The van der Waals surface area contributed by atoms with Gasteiger partial charge < -0.3 is 10.5 Å². The van der Waals surface area contributed by atoms with E-state index < -0.39 is 5.97 Å². The van der Waals surface area contributed by atoms with Crippen LogP contribution in [-0.4, -0.2) is 16.9 Å². The summed E-state index contributed by atoms with van der Waals surface area (Å²) < 4.78 is 0. The first kappa shape index (κ1) is 10.2. The first-order valence-corrected chi connectivity index (χ1v) is 3.91. The molecule has 0 aliphatic carbocycles. The first-order valence-electron chi connectivity index (χ1n) is 3.91. The molecule has 0 saturated carbocycles. The van der Waals surface area contributed by atoms with Gasteiger partial charge in [0.2, 0.25) is 0 Å². The Morgan fingerprint density at radius 1 is 1.36 bits per heavy atom. The number of carboxylic acid groups (broad SMARTS) is 1. The highest BCUT2D eigenvalue weighted by atomic mass is 16.4. The number of benzene rings is 1. The molecule has 4 N–H and O–H groups in total. The normalized spacial score (nSPS) is 9.57. The third kappa shape index (κ3) is 1.89. The predicted octanol–water partition coefficient (Wildman–Crippen LogP) is 0.873. The van der Waals surface area contributed by atoms with Crippen molar-refractivity contribution in [2.45, 2.75) is 6.92 Å². The minimum absolute atomic E-state index is 0.0482. The number of carbonyl (C=O) groups is 2. The van der Waals surface area contributed by atoms with Crippen LogP contribution >= 0.6 is 0 Å². The average Bonchev–Trinajstić information content (AvgIpc) is 2.16. The standard InChI is InChI=1S/C9H10N2O3/c1-5(12)7-3-2-6(11-10)4-8(7)9(13)14/h2-4,11H,10H2,1H3,(H,13,14). The van der Waals surface area contributed by atoms with Gasteiger partial charge in [-0.1, -0.05) is 0 Å². The van der Waals surface area contributed by atoms with E-state index in [1.54, 1.807) is 6.07 Å². The van der Waals surface area contributed by atoms with Gasteiger partial charge in [0.25, 0.3) is 0 Å². The number of aromatic carboxylic acids is 1. The van der Waals surface area contributed by atoms with E-state index in [4.69, 9.17) is 10.9 Å². The van der Waals surface area contributed by atoms with Crippen LogP contribution in [0.25, 0.3) is 0 Å². The zero-order chi connectivity index (χ0) is 10.7. The lowest BCUT2D eigenvalue weighted by Gasteiger charge is -2.05. The van der Waals surface area contributed by atoms with Crippen molar-refractivity contribution in [2.75, 3.05) is 5.43 Å². The number of hydrogen-bond acceptors (Lipinski definition) is 4. The van der Waals surface area contributed by atoms with Gasteiger partial charge in [-0.3, -0.25) is 10.6 Å². The fourth-order valence-electron chi connectivity index (χ4n) is 1.12. The molecule has 0 aliphatic heterocycles. The SMILES string of the molecule is CC(=O)c1ccc(NN)cc1C(=O)O. The van der Waals surface area contributed by atoms with Gasteiger partial charge in [0.1, 0.15) is 0 Å². The van der Waals surface area contributed by atoms with Gasteiger partial charge in [0, 0.05) is 11.3 Å². The van der Waals surface area contributed by atoms with Crippen molar-refractivity contribution < 1.29 is 14.7 Å². The van der Waals surface area contributed by atoms with Gasteiger partial charge in [0.15, 0.2) is 5.78 Å². The molecular weight excluding hydrogens is 184 g/mol. The maximum Gasteiger partial charge on any atom is 0.336 e. The Balaban J connectivity index is 3.31. The van der Waals surface area contributed by atoms with Crippen LogP contribution in [0.15, 0.2) is 18.2 Å². The predicted molar refractivity (Wildman–Crippen MR) is 51.2 cm³/mol. The Labute approximate surface area is 80.5 Å². The third-order valence-corrected chi connectivity index (χ3v) is 1.80. The molecule has 1 aromatic carbocycles. The van der Waals surface area contributed by atoms with Gasteiger partial charge >= 0.3 is 5.97 Å². The van der Waals surface area contributed by atoms with Crippen molar-refractivity contribution in [1.29, 1.82) is 0 Å². The molecule has 0 radical (unpaired) electrons. The molecule has 0 spiro atoms. The van der Waals surface area contributed by atoms with E-state index in [-0.39, 0.29) is 16.9 Å². The van der Waals surface area contributed by atoms with E-state index in [1.165, 1.54) is 19.1 Å². The van der Waals surface area contributed by atoms with Crippen LogP contribution in [-0.2, 0) is 0 Å². The number of ketones is 1. The second-order valence-electron chi connectivity index (χ2n) is 2.77. The second kappa shape index (κ2) is 3.89. The van der Waals surface area contributed by atoms with Crippen molar-refractivity contribution in [3.8, 4) is 0 Å². The maximum absolute atomic E-state index is 11.1. The fraction of sp³-hybridized carbons (Fsp3) is 0.111. The topological polar surface area (TPSA) is 92.4 Å². The molecule has 0 atom stereocenters. The monoisotopic (exact) mass is 194 g/mol. The van der Waals surface area contributed by atoms with E-state index in [2.05, 4.69) is 5.43 Å². The van der Waals surface area contributed by atoms with Gasteiger partial charge in [-0.15, -0.1) is 0 Å². The van der Waals surface area contributed by atoms with Crippen LogP contribution in [0.1, 0.15) is 27.6 Å². The van der Waals surface area contributed by atoms with Crippen LogP contribution in [0.3, 0.4) is 0 Å². The molecule has 74 valence electrons. The Bertz CT molecular complexity index is 388. The van der Waals surface area contributed by atoms with E-state index in [9.17, 15) is 9.59 Å². The Hall–Kier alpha value is -1.88. The summed E-state index contributed by atoms with van der Waals surface area (Å²) in [4.78, 5) is 21.8. The molecule has 0 fully saturated rings. The number of rotatable bonds is 3. The maximum atomic E-state index is 11.1. The summed E-state index contributed by atoms with van der Waals surface area (Å²) in [7, 11) is 0. The van der Waals surface area contributed by atoms with E-state index in [1.807, 2.05) is 0 Å². The van der Waals surface area contributed by atoms with Crippen LogP contribution in [0.4, 0.5) is 5.69 Å². The molecule has 0 aromatic heterocycles. The second-order valence-corrected chi connectivity index (χ2v) is 2.77. The molecule has 5 heteroatoms. The van der Waals surface area contributed by atoms with Crippen LogP contribution in [0.5, 0.6) is 0 Å². The molecule has 0 saturated heterocycles. The highest BCUT2D eigenvalue weighted by molar-refractivity contribution is 6.05. The zero-order valence-electron chi connectivity index (χ0n) is 7.57. The van der Waals surface area contributed by atoms with E-state index >= 15 is 0 Å². The zero-order valence-corrected chi connectivity index (χ0v) is 7.57. The summed E-state index contributed by atoms with van der Waals surface area (Å²) in [5.74, 6) is 3.69. The number of hydrogen-bond donors (Lipinski definition) is 3. The summed E-state index contributed by atoms with van der Waals surface area (Å²) in [5.41, 5.74) is 2.89. The van der Waals surface area contributed by atoms with Crippen molar-refractivity contribution in [2.24, 2.45) is 5.84 Å². The average molecular weight is 194 g/mol. The number of carboxylic acids is 1. The molecule has 1 aromatic rings. The highest BCUT2D eigenvalue weighted by Gasteiger charge is 2.13. The smallest absolute Gasteiger partial charge is 0.336 e.